The Morgan fingerprint density at radius 3 is 1.43 bits per heavy atom. The quantitative estimate of drug-likeness (QED) is 0.763. The largest absolute Gasteiger partial charge is 0.308 e. The molecule has 0 aromatic rings. The molecular weight excluding hydrogens is 174 g/mol. The first-order valence-electron chi connectivity index (χ1n) is 5.65. The number of likely N-dealkylation sites (N-methyl/N-ethyl adjacent to an activating group) is 1. The van der Waals surface area contributed by atoms with Crippen LogP contribution in [0.2, 0.25) is 0 Å². The lowest BCUT2D eigenvalue weighted by atomic mass is 9.85. The Hall–Kier alpha value is -0.370. The minimum absolute atomic E-state index is 0.199. The summed E-state index contributed by atoms with van der Waals surface area (Å²) in [6, 6.07) is 0. The number of hydrogen-bond acceptors (Lipinski definition) is 2. The monoisotopic (exact) mass is 203 g/mol. The maximum absolute atomic E-state index is 11.1. The van der Waals surface area contributed by atoms with Gasteiger partial charge in [0.15, 0.2) is 0 Å². The van der Waals surface area contributed by atoms with Gasteiger partial charge in [-0.3, -0.25) is 4.79 Å². The third-order valence-corrected chi connectivity index (χ3v) is 2.41. The van der Waals surface area contributed by atoms with Gasteiger partial charge in [0.05, 0.1) is 5.54 Å². The van der Waals surface area contributed by atoms with Crippen molar-refractivity contribution in [2.75, 3.05) is 7.05 Å². The summed E-state index contributed by atoms with van der Waals surface area (Å²) < 4.78 is 0. The standard InChI is InChI=1S/C8H17NO.2C2H6/c1-6(2)8(4,9-5)7(3)10;2*1-2/h6,9H,1-5H3;2*1-2H3. The summed E-state index contributed by atoms with van der Waals surface area (Å²) in [5.41, 5.74) is -0.347. The molecule has 0 rings (SSSR count). The van der Waals surface area contributed by atoms with Crippen molar-refractivity contribution >= 4 is 5.78 Å². The van der Waals surface area contributed by atoms with Gasteiger partial charge in [-0.25, -0.2) is 0 Å². The van der Waals surface area contributed by atoms with Crippen LogP contribution in [-0.4, -0.2) is 18.4 Å². The lowest BCUT2D eigenvalue weighted by Gasteiger charge is -2.30. The average molecular weight is 203 g/mol. The third kappa shape index (κ3) is 6.14. The Kier molecular flexibility index (Phi) is 14.7. The first-order valence-corrected chi connectivity index (χ1v) is 5.65. The van der Waals surface area contributed by atoms with Crippen LogP contribution in [0.5, 0.6) is 0 Å². The van der Waals surface area contributed by atoms with Gasteiger partial charge in [-0.15, -0.1) is 0 Å². The average Bonchev–Trinajstić information content (AvgIpc) is 2.22. The van der Waals surface area contributed by atoms with E-state index in [4.69, 9.17) is 0 Å². The molecule has 0 fully saturated rings. The summed E-state index contributed by atoms with van der Waals surface area (Å²) in [5.74, 6) is 0.542. The van der Waals surface area contributed by atoms with Crippen LogP contribution in [0.1, 0.15) is 55.4 Å². The van der Waals surface area contributed by atoms with Crippen molar-refractivity contribution in [3.05, 3.63) is 0 Å². The van der Waals surface area contributed by atoms with E-state index in [9.17, 15) is 4.79 Å². The second kappa shape index (κ2) is 10.7. The van der Waals surface area contributed by atoms with E-state index in [1.54, 1.807) is 6.92 Å². The summed E-state index contributed by atoms with van der Waals surface area (Å²) in [6.07, 6.45) is 0. The molecular formula is C12H29NO. The van der Waals surface area contributed by atoms with Crippen molar-refractivity contribution in [2.24, 2.45) is 5.92 Å². The Bertz CT molecular complexity index is 132. The van der Waals surface area contributed by atoms with Gasteiger partial charge >= 0.3 is 0 Å². The van der Waals surface area contributed by atoms with E-state index in [0.29, 0.717) is 5.92 Å². The van der Waals surface area contributed by atoms with E-state index < -0.39 is 0 Å². The number of ketones is 1. The SMILES string of the molecule is CC.CC.CNC(C)(C(C)=O)C(C)C. The maximum atomic E-state index is 11.1. The van der Waals surface area contributed by atoms with Crippen molar-refractivity contribution < 1.29 is 4.79 Å². The normalized spacial score (nSPS) is 13.0. The molecule has 1 N–H and O–H groups in total. The van der Waals surface area contributed by atoms with Crippen molar-refractivity contribution in [1.82, 2.24) is 5.32 Å². The number of hydrogen-bond donors (Lipinski definition) is 1. The number of carbonyl (C=O) groups is 1. The van der Waals surface area contributed by atoms with Crippen LogP contribution in [0.25, 0.3) is 0 Å². The van der Waals surface area contributed by atoms with Crippen LogP contribution >= 0.6 is 0 Å². The zero-order valence-corrected chi connectivity index (χ0v) is 11.5. The summed E-state index contributed by atoms with van der Waals surface area (Å²) >= 11 is 0. The molecule has 0 bridgehead atoms. The second-order valence-electron chi connectivity index (χ2n) is 3.16. The Morgan fingerprint density at radius 1 is 1.14 bits per heavy atom. The van der Waals surface area contributed by atoms with Crippen LogP contribution in [-0.2, 0) is 4.79 Å². The number of carbonyl (C=O) groups excluding carboxylic acids is 1. The van der Waals surface area contributed by atoms with Crippen molar-refractivity contribution in [3.8, 4) is 0 Å². The summed E-state index contributed by atoms with van der Waals surface area (Å²) in [4.78, 5) is 11.1. The minimum atomic E-state index is -0.347. The smallest absolute Gasteiger partial charge is 0.149 e. The molecule has 2 nitrogen and oxygen atoms in total. The van der Waals surface area contributed by atoms with E-state index in [-0.39, 0.29) is 11.3 Å². The van der Waals surface area contributed by atoms with E-state index in [2.05, 4.69) is 5.32 Å². The summed E-state index contributed by atoms with van der Waals surface area (Å²) in [5, 5.41) is 3.03. The van der Waals surface area contributed by atoms with Crippen LogP contribution in [0.15, 0.2) is 0 Å². The Labute approximate surface area is 90.5 Å². The molecule has 0 aliphatic rings. The summed E-state index contributed by atoms with van der Waals surface area (Å²) in [6.45, 7) is 15.6. The molecule has 14 heavy (non-hydrogen) atoms. The van der Waals surface area contributed by atoms with Gasteiger partial charge in [0.2, 0.25) is 0 Å². The highest BCUT2D eigenvalue weighted by Gasteiger charge is 2.30. The molecule has 0 aliphatic carbocycles. The third-order valence-electron chi connectivity index (χ3n) is 2.41. The fraction of sp³-hybridized carbons (Fsp3) is 0.917. The predicted molar refractivity (Wildman–Crippen MR) is 65.7 cm³/mol. The molecule has 1 atom stereocenters. The molecule has 0 aromatic carbocycles. The zero-order chi connectivity index (χ0) is 12.4. The highest BCUT2D eigenvalue weighted by atomic mass is 16.1. The molecule has 0 saturated heterocycles. The van der Waals surface area contributed by atoms with Gasteiger partial charge in [0, 0.05) is 0 Å². The number of rotatable bonds is 3. The van der Waals surface area contributed by atoms with Crippen molar-refractivity contribution in [1.29, 1.82) is 0 Å². The second-order valence-corrected chi connectivity index (χ2v) is 3.16. The molecule has 1 unspecified atom stereocenters. The fourth-order valence-electron chi connectivity index (χ4n) is 0.871. The first-order chi connectivity index (χ1) is 6.45. The van der Waals surface area contributed by atoms with Gasteiger partial charge in [-0.05, 0) is 26.8 Å². The summed E-state index contributed by atoms with van der Waals surface area (Å²) in [7, 11) is 1.82. The highest BCUT2D eigenvalue weighted by molar-refractivity contribution is 5.85. The number of nitrogens with one attached hydrogen (secondary N) is 1. The van der Waals surface area contributed by atoms with E-state index in [0.717, 1.165) is 0 Å². The molecule has 0 radical (unpaired) electrons. The topological polar surface area (TPSA) is 29.1 Å². The lowest BCUT2D eigenvalue weighted by molar-refractivity contribution is -0.124. The zero-order valence-electron chi connectivity index (χ0n) is 11.5. The van der Waals surface area contributed by atoms with Crippen molar-refractivity contribution in [2.45, 2.75) is 60.9 Å². The Balaban J connectivity index is -0.000000266. The molecule has 0 heterocycles. The van der Waals surface area contributed by atoms with Gasteiger partial charge in [-0.2, -0.15) is 0 Å². The van der Waals surface area contributed by atoms with E-state index in [1.165, 1.54) is 0 Å². The molecule has 0 spiro atoms. The van der Waals surface area contributed by atoms with Crippen LogP contribution < -0.4 is 5.32 Å². The molecule has 0 saturated carbocycles. The van der Waals surface area contributed by atoms with Gasteiger partial charge < -0.3 is 5.32 Å². The molecule has 2 heteroatoms. The molecule has 0 aliphatic heterocycles. The predicted octanol–water partition coefficient (Wildman–Crippen LogP) is 3.26. The van der Waals surface area contributed by atoms with E-state index >= 15 is 0 Å². The highest BCUT2D eigenvalue weighted by Crippen LogP contribution is 2.16. The molecule has 88 valence electrons. The van der Waals surface area contributed by atoms with Gasteiger partial charge in [0.25, 0.3) is 0 Å². The van der Waals surface area contributed by atoms with E-state index in [1.807, 2.05) is 55.5 Å². The minimum Gasteiger partial charge on any atom is -0.308 e. The first kappa shape index (κ1) is 19.2. The number of Topliss-reactive ketones (excluding diaryl/α,β-unsaturated/α-hetero) is 1. The lowest BCUT2D eigenvalue weighted by Crippen LogP contribution is -2.50. The van der Waals surface area contributed by atoms with Gasteiger partial charge in [0.1, 0.15) is 5.78 Å². The maximum Gasteiger partial charge on any atom is 0.149 e. The molecule has 0 amide bonds. The van der Waals surface area contributed by atoms with Crippen molar-refractivity contribution in [3.63, 3.8) is 0 Å². The van der Waals surface area contributed by atoms with Crippen LogP contribution in [0.3, 0.4) is 0 Å². The molecule has 0 aromatic heterocycles. The van der Waals surface area contributed by atoms with Gasteiger partial charge in [-0.1, -0.05) is 41.5 Å². The fourth-order valence-corrected chi connectivity index (χ4v) is 0.871. The Morgan fingerprint density at radius 2 is 1.43 bits per heavy atom. The van der Waals surface area contributed by atoms with Crippen LogP contribution in [0, 0.1) is 5.92 Å². The van der Waals surface area contributed by atoms with Crippen LogP contribution in [0.4, 0.5) is 0 Å².